The van der Waals surface area contributed by atoms with Crippen molar-refractivity contribution in [1.29, 1.82) is 0 Å². The Kier molecular flexibility index (Phi) is 8.82. The number of benzene rings is 1. The molecule has 0 bridgehead atoms. The quantitative estimate of drug-likeness (QED) is 0.526. The second-order valence-electron chi connectivity index (χ2n) is 6.38. The Hall–Kier alpha value is -1.42. The van der Waals surface area contributed by atoms with Crippen molar-refractivity contribution >= 4 is 0 Å². The zero-order valence-corrected chi connectivity index (χ0v) is 15.4. The van der Waals surface area contributed by atoms with Crippen LogP contribution in [-0.4, -0.2) is 44.4 Å². The van der Waals surface area contributed by atoms with Gasteiger partial charge in [-0.2, -0.15) is 0 Å². The summed E-state index contributed by atoms with van der Waals surface area (Å²) in [5, 5.41) is 0. The molecule has 1 heterocycles. The van der Waals surface area contributed by atoms with Crippen LogP contribution in [0.5, 0.6) is 17.2 Å². The van der Waals surface area contributed by atoms with E-state index in [1.807, 2.05) is 18.2 Å². The lowest BCUT2D eigenvalue weighted by Crippen LogP contribution is -2.27. The number of fused-ring (bicyclic) bond motifs is 1. The molecule has 1 aliphatic heterocycles. The van der Waals surface area contributed by atoms with Crippen LogP contribution < -0.4 is 14.2 Å². The normalized spacial score (nSPS) is 13.3. The lowest BCUT2D eigenvalue weighted by Gasteiger charge is -2.22. The summed E-state index contributed by atoms with van der Waals surface area (Å²) in [6.45, 7) is 10.1. The van der Waals surface area contributed by atoms with Gasteiger partial charge < -0.3 is 19.1 Å². The van der Waals surface area contributed by atoms with Crippen molar-refractivity contribution in [3.05, 3.63) is 18.2 Å². The van der Waals surface area contributed by atoms with Crippen LogP contribution >= 0.6 is 0 Å². The van der Waals surface area contributed by atoms with E-state index in [0.29, 0.717) is 13.2 Å². The lowest BCUT2D eigenvalue weighted by molar-refractivity contribution is 0.161. The van der Waals surface area contributed by atoms with Crippen LogP contribution in [0.3, 0.4) is 0 Å². The van der Waals surface area contributed by atoms with Crippen molar-refractivity contribution < 1.29 is 14.2 Å². The van der Waals surface area contributed by atoms with Crippen LogP contribution in [0.1, 0.15) is 52.4 Å². The molecule has 0 radical (unpaired) electrons. The van der Waals surface area contributed by atoms with Gasteiger partial charge in [0.25, 0.3) is 0 Å². The fourth-order valence-corrected chi connectivity index (χ4v) is 2.88. The smallest absolute Gasteiger partial charge is 0.203 e. The number of rotatable bonds is 12. The van der Waals surface area contributed by atoms with Gasteiger partial charge in [-0.05, 0) is 57.5 Å². The van der Waals surface area contributed by atoms with Crippen molar-refractivity contribution in [3.63, 3.8) is 0 Å². The van der Waals surface area contributed by atoms with Crippen LogP contribution in [0.15, 0.2) is 18.2 Å². The maximum atomic E-state index is 5.92. The van der Waals surface area contributed by atoms with E-state index in [9.17, 15) is 0 Å². The van der Waals surface area contributed by atoms with E-state index >= 15 is 0 Å². The van der Waals surface area contributed by atoms with Crippen LogP contribution in [0.4, 0.5) is 0 Å². The highest BCUT2D eigenvalue weighted by Crippen LogP contribution is 2.38. The van der Waals surface area contributed by atoms with E-state index in [0.717, 1.165) is 30.3 Å². The molecule has 0 saturated carbocycles. The second-order valence-corrected chi connectivity index (χ2v) is 6.38. The fourth-order valence-electron chi connectivity index (χ4n) is 2.88. The molecular weight excluding hydrogens is 302 g/mol. The monoisotopic (exact) mass is 335 g/mol. The molecule has 2 rings (SSSR count). The summed E-state index contributed by atoms with van der Waals surface area (Å²) >= 11 is 0. The first-order chi connectivity index (χ1) is 11.8. The molecule has 0 amide bonds. The summed E-state index contributed by atoms with van der Waals surface area (Å²) < 4.78 is 17.2. The SMILES string of the molecule is CCCCN(CCCC)CCCCOc1cccc2c1OCCO2. The van der Waals surface area contributed by atoms with Crippen molar-refractivity contribution in [3.8, 4) is 17.2 Å². The first-order valence-electron chi connectivity index (χ1n) is 9.59. The minimum Gasteiger partial charge on any atom is -0.490 e. The largest absolute Gasteiger partial charge is 0.490 e. The third-order valence-corrected chi connectivity index (χ3v) is 4.31. The summed E-state index contributed by atoms with van der Waals surface area (Å²) in [6.07, 6.45) is 7.39. The van der Waals surface area contributed by atoms with Crippen molar-refractivity contribution in [2.45, 2.75) is 52.4 Å². The van der Waals surface area contributed by atoms with E-state index in [1.165, 1.54) is 51.7 Å². The Morgan fingerprint density at radius 1 is 0.917 bits per heavy atom. The molecule has 0 N–H and O–H groups in total. The Morgan fingerprint density at radius 2 is 1.62 bits per heavy atom. The third kappa shape index (κ3) is 6.23. The average Bonchev–Trinajstić information content (AvgIpc) is 2.63. The van der Waals surface area contributed by atoms with Gasteiger partial charge >= 0.3 is 0 Å². The highest BCUT2D eigenvalue weighted by molar-refractivity contribution is 5.51. The molecule has 1 aromatic rings. The van der Waals surface area contributed by atoms with Gasteiger partial charge in [0.15, 0.2) is 11.5 Å². The van der Waals surface area contributed by atoms with Gasteiger partial charge in [0.1, 0.15) is 13.2 Å². The third-order valence-electron chi connectivity index (χ3n) is 4.31. The Bertz CT molecular complexity index is 456. The van der Waals surface area contributed by atoms with Gasteiger partial charge in [0.2, 0.25) is 5.75 Å². The van der Waals surface area contributed by atoms with E-state index in [4.69, 9.17) is 14.2 Å². The molecule has 0 aromatic heterocycles. The first kappa shape index (κ1) is 18.9. The van der Waals surface area contributed by atoms with Crippen molar-refractivity contribution in [2.24, 2.45) is 0 Å². The minimum atomic E-state index is 0.594. The Morgan fingerprint density at radius 3 is 2.38 bits per heavy atom. The predicted molar refractivity (Wildman–Crippen MR) is 98.4 cm³/mol. The summed E-state index contributed by atoms with van der Waals surface area (Å²) in [5.74, 6) is 2.36. The number of hydrogen-bond acceptors (Lipinski definition) is 4. The van der Waals surface area contributed by atoms with Gasteiger partial charge in [0, 0.05) is 0 Å². The maximum Gasteiger partial charge on any atom is 0.203 e. The highest BCUT2D eigenvalue weighted by Gasteiger charge is 2.16. The van der Waals surface area contributed by atoms with Gasteiger partial charge in [-0.1, -0.05) is 32.8 Å². The van der Waals surface area contributed by atoms with Crippen molar-refractivity contribution in [2.75, 3.05) is 39.5 Å². The fraction of sp³-hybridized carbons (Fsp3) is 0.700. The number of hydrogen-bond donors (Lipinski definition) is 0. The molecule has 0 saturated heterocycles. The second kappa shape index (κ2) is 11.2. The zero-order valence-electron chi connectivity index (χ0n) is 15.4. The molecule has 136 valence electrons. The molecular formula is C20H33NO3. The number of unbranched alkanes of at least 4 members (excludes halogenated alkanes) is 3. The summed E-state index contributed by atoms with van der Waals surface area (Å²) in [6, 6.07) is 5.85. The summed E-state index contributed by atoms with van der Waals surface area (Å²) in [4.78, 5) is 2.61. The average molecular weight is 335 g/mol. The summed E-state index contributed by atoms with van der Waals surface area (Å²) in [5.41, 5.74) is 0. The number of para-hydroxylation sites is 1. The minimum absolute atomic E-state index is 0.594. The molecule has 4 heteroatoms. The van der Waals surface area contributed by atoms with Crippen LogP contribution in [0.25, 0.3) is 0 Å². The van der Waals surface area contributed by atoms with Crippen LogP contribution in [-0.2, 0) is 0 Å². The number of nitrogens with zero attached hydrogens (tertiary/aromatic N) is 1. The standard InChI is InChI=1S/C20H33NO3/c1-3-5-12-21(13-6-4-2)14-7-8-15-22-18-10-9-11-19-20(18)24-17-16-23-19/h9-11H,3-8,12-17H2,1-2H3. The Balaban J connectivity index is 1.68. The Labute approximate surface area is 147 Å². The van der Waals surface area contributed by atoms with E-state index < -0.39 is 0 Å². The first-order valence-corrected chi connectivity index (χ1v) is 9.59. The molecule has 0 atom stereocenters. The van der Waals surface area contributed by atoms with Gasteiger partial charge in [-0.25, -0.2) is 0 Å². The number of ether oxygens (including phenoxy) is 3. The molecule has 1 aliphatic rings. The summed E-state index contributed by atoms with van der Waals surface area (Å²) in [7, 11) is 0. The van der Waals surface area contributed by atoms with E-state index in [-0.39, 0.29) is 0 Å². The molecule has 0 unspecified atom stereocenters. The predicted octanol–water partition coefficient (Wildman–Crippen LogP) is 4.52. The molecule has 24 heavy (non-hydrogen) atoms. The molecule has 0 aliphatic carbocycles. The zero-order chi connectivity index (χ0) is 17.0. The van der Waals surface area contributed by atoms with E-state index in [2.05, 4.69) is 18.7 Å². The van der Waals surface area contributed by atoms with Crippen LogP contribution in [0.2, 0.25) is 0 Å². The van der Waals surface area contributed by atoms with Gasteiger partial charge in [-0.15, -0.1) is 0 Å². The molecule has 4 nitrogen and oxygen atoms in total. The highest BCUT2D eigenvalue weighted by atomic mass is 16.6. The van der Waals surface area contributed by atoms with Gasteiger partial charge in [0.05, 0.1) is 6.61 Å². The lowest BCUT2D eigenvalue weighted by atomic mass is 10.2. The van der Waals surface area contributed by atoms with Crippen molar-refractivity contribution in [1.82, 2.24) is 4.90 Å². The molecule has 0 fully saturated rings. The topological polar surface area (TPSA) is 30.9 Å². The van der Waals surface area contributed by atoms with E-state index in [1.54, 1.807) is 0 Å². The molecule has 1 aromatic carbocycles. The molecule has 0 spiro atoms. The van der Waals surface area contributed by atoms with Gasteiger partial charge in [-0.3, -0.25) is 0 Å². The maximum absolute atomic E-state index is 5.92. The van der Waals surface area contributed by atoms with Crippen LogP contribution in [0, 0.1) is 0 Å².